The summed E-state index contributed by atoms with van der Waals surface area (Å²) < 4.78 is 53.7. The monoisotopic (exact) mass is 663 g/mol. The van der Waals surface area contributed by atoms with Crippen LogP contribution in [0.25, 0.3) is 0 Å². The molecule has 1 unspecified atom stereocenters. The molecular formula is C36H35ClFNO6S. The third-order valence-corrected chi connectivity index (χ3v) is 10.4. The molecule has 0 heterocycles. The van der Waals surface area contributed by atoms with Gasteiger partial charge in [-0.25, -0.2) is 12.8 Å². The van der Waals surface area contributed by atoms with Gasteiger partial charge in [-0.1, -0.05) is 41.9 Å². The maximum absolute atomic E-state index is 14.2. The van der Waals surface area contributed by atoms with Crippen molar-refractivity contribution in [1.29, 1.82) is 0 Å². The van der Waals surface area contributed by atoms with Crippen molar-refractivity contribution in [1.82, 2.24) is 4.31 Å². The van der Waals surface area contributed by atoms with Crippen LogP contribution in [-0.2, 0) is 34.3 Å². The normalized spacial score (nSPS) is 13.8. The number of benzene rings is 4. The van der Waals surface area contributed by atoms with E-state index in [-0.39, 0.29) is 46.7 Å². The molecule has 0 spiro atoms. The van der Waals surface area contributed by atoms with Gasteiger partial charge in [0.15, 0.2) is 5.78 Å². The van der Waals surface area contributed by atoms with E-state index in [4.69, 9.17) is 21.1 Å². The first-order chi connectivity index (χ1) is 22.1. The second-order valence-corrected chi connectivity index (χ2v) is 13.8. The highest BCUT2D eigenvalue weighted by molar-refractivity contribution is 7.89. The van der Waals surface area contributed by atoms with Gasteiger partial charge in [0.1, 0.15) is 28.0 Å². The zero-order valence-corrected chi connectivity index (χ0v) is 27.2. The first-order valence-electron chi connectivity index (χ1n) is 14.9. The van der Waals surface area contributed by atoms with Crippen molar-refractivity contribution in [2.24, 2.45) is 11.8 Å². The Kier molecular flexibility index (Phi) is 10.6. The Morgan fingerprint density at radius 3 is 1.83 bits per heavy atom. The first-order valence-corrected chi connectivity index (χ1v) is 16.8. The Bertz CT molecular complexity index is 1740. The number of ketones is 2. The van der Waals surface area contributed by atoms with Gasteiger partial charge in [-0.15, -0.1) is 0 Å². The third-order valence-electron chi connectivity index (χ3n) is 8.11. The molecule has 4 aromatic carbocycles. The van der Waals surface area contributed by atoms with Crippen molar-refractivity contribution in [2.45, 2.75) is 43.7 Å². The zero-order chi connectivity index (χ0) is 32.8. The molecule has 0 radical (unpaired) electrons. The van der Waals surface area contributed by atoms with Crippen molar-refractivity contribution < 1.29 is 31.9 Å². The molecule has 5 rings (SSSR count). The van der Waals surface area contributed by atoms with E-state index >= 15 is 0 Å². The molecule has 10 heteroatoms. The molecule has 4 aromatic rings. The molecule has 0 aliphatic heterocycles. The van der Waals surface area contributed by atoms with Crippen LogP contribution in [0, 0.1) is 17.7 Å². The highest BCUT2D eigenvalue weighted by Gasteiger charge is 2.34. The zero-order valence-electron chi connectivity index (χ0n) is 25.6. The summed E-state index contributed by atoms with van der Waals surface area (Å²) in [5.74, 6) is -0.481. The van der Waals surface area contributed by atoms with E-state index in [2.05, 4.69) is 0 Å². The van der Waals surface area contributed by atoms with Crippen LogP contribution in [0.3, 0.4) is 0 Å². The Morgan fingerprint density at radius 2 is 1.35 bits per heavy atom. The first kappa shape index (κ1) is 33.3. The SMILES string of the molecule is COc1ccc(CN(Cc2ccc(OC)cc2)S(=O)(=O)c2ccc(CC(C(=O)CC3CC3)C(=O)c3ccc(F)cc3)cc2Cl)cc1. The predicted octanol–water partition coefficient (Wildman–Crippen LogP) is 7.30. The fourth-order valence-electron chi connectivity index (χ4n) is 5.27. The number of methoxy groups -OCH3 is 2. The van der Waals surface area contributed by atoms with Gasteiger partial charge in [0.25, 0.3) is 0 Å². The summed E-state index contributed by atoms with van der Waals surface area (Å²) in [5.41, 5.74) is 2.29. The average molecular weight is 664 g/mol. The summed E-state index contributed by atoms with van der Waals surface area (Å²) in [6.45, 7) is 0.140. The molecule has 1 aliphatic carbocycles. The molecule has 0 bridgehead atoms. The fraction of sp³-hybridized carbons (Fsp3) is 0.278. The molecule has 46 heavy (non-hydrogen) atoms. The number of hydrogen-bond donors (Lipinski definition) is 0. The van der Waals surface area contributed by atoms with E-state index in [0.29, 0.717) is 23.5 Å². The number of hydrogen-bond acceptors (Lipinski definition) is 6. The molecule has 1 atom stereocenters. The van der Waals surface area contributed by atoms with E-state index in [9.17, 15) is 22.4 Å². The molecule has 0 amide bonds. The quantitative estimate of drug-likeness (QED) is 0.0980. The van der Waals surface area contributed by atoms with Crippen LogP contribution in [0.1, 0.15) is 46.3 Å². The molecule has 240 valence electrons. The van der Waals surface area contributed by atoms with Crippen LogP contribution in [-0.4, -0.2) is 38.5 Å². The molecule has 0 saturated heterocycles. The molecule has 1 aliphatic rings. The number of carbonyl (C=O) groups excluding carboxylic acids is 2. The second kappa shape index (κ2) is 14.6. The number of nitrogens with zero attached hydrogens (tertiary/aromatic N) is 1. The number of ether oxygens (including phenoxy) is 2. The summed E-state index contributed by atoms with van der Waals surface area (Å²) >= 11 is 6.66. The van der Waals surface area contributed by atoms with Crippen molar-refractivity contribution in [3.63, 3.8) is 0 Å². The molecule has 1 fully saturated rings. The van der Waals surface area contributed by atoms with Gasteiger partial charge in [-0.05, 0) is 103 Å². The van der Waals surface area contributed by atoms with E-state index < -0.39 is 27.5 Å². The van der Waals surface area contributed by atoms with Crippen LogP contribution in [0.15, 0.2) is 95.9 Å². The summed E-state index contributed by atoms with van der Waals surface area (Å²) in [7, 11) is -1.00. The number of carbonyl (C=O) groups is 2. The number of sulfonamides is 1. The molecular weight excluding hydrogens is 629 g/mol. The predicted molar refractivity (Wildman–Crippen MR) is 174 cm³/mol. The van der Waals surface area contributed by atoms with Crippen LogP contribution < -0.4 is 9.47 Å². The van der Waals surface area contributed by atoms with Crippen LogP contribution >= 0.6 is 11.6 Å². The lowest BCUT2D eigenvalue weighted by atomic mass is 9.86. The summed E-state index contributed by atoms with van der Waals surface area (Å²) in [6.07, 6.45) is 2.24. The van der Waals surface area contributed by atoms with E-state index in [1.807, 2.05) is 0 Å². The van der Waals surface area contributed by atoms with Crippen molar-refractivity contribution in [3.8, 4) is 11.5 Å². The Hall–Kier alpha value is -4.05. The average Bonchev–Trinajstić information content (AvgIpc) is 3.88. The standard InChI is InChI=1S/C36H35ClFNO6S/c1-44-30-14-5-25(6-15-30)22-39(23-26-7-16-31(45-2)17-8-26)46(42,43)35-18-9-27(20-33(35)37)19-32(34(40)21-24-3-4-24)36(41)28-10-12-29(38)13-11-28/h5-18,20,24,32H,3-4,19,21-23H2,1-2H3. The summed E-state index contributed by atoms with van der Waals surface area (Å²) in [5, 5.41) is -0.0189. The topological polar surface area (TPSA) is 90.0 Å². The third kappa shape index (κ3) is 8.20. The lowest BCUT2D eigenvalue weighted by Crippen LogP contribution is -2.30. The Labute approximate surface area is 274 Å². The number of Topliss-reactive ketones (excluding diaryl/α,β-unsaturated/α-hetero) is 2. The minimum atomic E-state index is -4.12. The van der Waals surface area contributed by atoms with Gasteiger partial charge < -0.3 is 9.47 Å². The van der Waals surface area contributed by atoms with Crippen molar-refractivity contribution in [3.05, 3.63) is 124 Å². The number of rotatable bonds is 15. The number of halogens is 2. The lowest BCUT2D eigenvalue weighted by Gasteiger charge is -2.24. The van der Waals surface area contributed by atoms with E-state index in [1.165, 1.54) is 40.7 Å². The van der Waals surface area contributed by atoms with Gasteiger partial charge in [0.2, 0.25) is 10.0 Å². The molecule has 7 nitrogen and oxygen atoms in total. The van der Waals surface area contributed by atoms with Crippen LogP contribution in [0.2, 0.25) is 5.02 Å². The van der Waals surface area contributed by atoms with Crippen LogP contribution in [0.4, 0.5) is 4.39 Å². The minimum absolute atomic E-state index is 0.0189. The Balaban J connectivity index is 1.43. The molecule has 0 aromatic heterocycles. The van der Waals surface area contributed by atoms with Gasteiger partial charge in [0.05, 0.1) is 25.2 Å². The highest BCUT2D eigenvalue weighted by atomic mass is 35.5. The highest BCUT2D eigenvalue weighted by Crippen LogP contribution is 2.35. The maximum atomic E-state index is 14.2. The fourth-order valence-corrected chi connectivity index (χ4v) is 7.22. The van der Waals surface area contributed by atoms with Crippen molar-refractivity contribution in [2.75, 3.05) is 14.2 Å². The van der Waals surface area contributed by atoms with Crippen LogP contribution in [0.5, 0.6) is 11.5 Å². The van der Waals surface area contributed by atoms with E-state index in [0.717, 1.165) is 24.0 Å². The molecule has 1 saturated carbocycles. The van der Waals surface area contributed by atoms with E-state index in [1.54, 1.807) is 68.8 Å². The summed E-state index contributed by atoms with van der Waals surface area (Å²) in [4.78, 5) is 26.6. The largest absolute Gasteiger partial charge is 0.497 e. The van der Waals surface area contributed by atoms with Crippen molar-refractivity contribution >= 4 is 33.2 Å². The van der Waals surface area contributed by atoms with Gasteiger partial charge in [-0.2, -0.15) is 4.31 Å². The molecule has 0 N–H and O–H groups in total. The van der Waals surface area contributed by atoms with Gasteiger partial charge in [-0.3, -0.25) is 9.59 Å². The van der Waals surface area contributed by atoms with Gasteiger partial charge >= 0.3 is 0 Å². The Morgan fingerprint density at radius 1 is 0.826 bits per heavy atom. The minimum Gasteiger partial charge on any atom is -0.497 e. The summed E-state index contributed by atoms with van der Waals surface area (Å²) in [6, 6.07) is 23.9. The maximum Gasteiger partial charge on any atom is 0.245 e. The van der Waals surface area contributed by atoms with Gasteiger partial charge in [0, 0.05) is 25.1 Å². The second-order valence-electron chi connectivity index (χ2n) is 11.5. The smallest absolute Gasteiger partial charge is 0.245 e. The lowest BCUT2D eigenvalue weighted by molar-refractivity contribution is -0.121.